The summed E-state index contributed by atoms with van der Waals surface area (Å²) < 4.78 is 31.4. The fourth-order valence-electron chi connectivity index (χ4n) is 2.29. The van der Waals surface area contributed by atoms with E-state index in [0.717, 1.165) is 12.8 Å². The van der Waals surface area contributed by atoms with E-state index in [9.17, 15) is 13.2 Å². The van der Waals surface area contributed by atoms with Gasteiger partial charge in [0.05, 0.1) is 18.4 Å². The van der Waals surface area contributed by atoms with Crippen LogP contribution in [-0.4, -0.2) is 28.0 Å². The minimum atomic E-state index is -3.39. The molecule has 24 heavy (non-hydrogen) atoms. The van der Waals surface area contributed by atoms with Crippen LogP contribution in [0.3, 0.4) is 0 Å². The highest BCUT2D eigenvalue weighted by Gasteiger charge is 2.12. The lowest BCUT2D eigenvalue weighted by atomic mass is 10.1. The van der Waals surface area contributed by atoms with Crippen molar-refractivity contribution in [3.8, 4) is 0 Å². The first-order chi connectivity index (χ1) is 11.5. The lowest BCUT2D eigenvalue weighted by Gasteiger charge is -2.07. The Labute approximate surface area is 142 Å². The van der Waals surface area contributed by atoms with Crippen molar-refractivity contribution in [3.05, 3.63) is 71.3 Å². The van der Waals surface area contributed by atoms with E-state index in [1.165, 1.54) is 12.7 Å². The number of ether oxygens (including phenoxy) is 1. The molecule has 0 atom stereocenters. The minimum Gasteiger partial charge on any atom is -0.465 e. The maximum Gasteiger partial charge on any atom is 0.337 e. The molecule has 0 radical (unpaired) electrons. The van der Waals surface area contributed by atoms with Crippen LogP contribution in [0.15, 0.2) is 54.6 Å². The van der Waals surface area contributed by atoms with Crippen molar-refractivity contribution in [2.45, 2.75) is 18.6 Å². The number of esters is 1. The van der Waals surface area contributed by atoms with Crippen LogP contribution in [0.5, 0.6) is 0 Å². The van der Waals surface area contributed by atoms with Gasteiger partial charge in [0, 0.05) is 6.54 Å². The highest BCUT2D eigenvalue weighted by atomic mass is 32.2. The SMILES string of the molecule is COC(=O)c1ccc(CS(=O)(=O)NCCCc2ccccc2)cc1. The quantitative estimate of drug-likeness (QED) is 0.588. The number of carbonyl (C=O) groups is 1. The second kappa shape index (κ2) is 8.61. The number of sulfonamides is 1. The molecule has 2 rings (SSSR count). The number of aryl methyl sites for hydroxylation is 1. The van der Waals surface area contributed by atoms with E-state index < -0.39 is 16.0 Å². The first-order valence-corrected chi connectivity index (χ1v) is 9.34. The molecule has 0 aliphatic rings. The van der Waals surface area contributed by atoms with Gasteiger partial charge in [-0.05, 0) is 36.1 Å². The van der Waals surface area contributed by atoms with Crippen LogP contribution in [0.25, 0.3) is 0 Å². The summed E-state index contributed by atoms with van der Waals surface area (Å²) in [5.41, 5.74) is 2.21. The zero-order chi connectivity index (χ0) is 17.4. The molecule has 0 aliphatic heterocycles. The molecule has 0 unspecified atom stereocenters. The van der Waals surface area contributed by atoms with Gasteiger partial charge in [-0.1, -0.05) is 42.5 Å². The van der Waals surface area contributed by atoms with Crippen LogP contribution in [-0.2, 0) is 26.9 Å². The Morgan fingerprint density at radius 2 is 1.67 bits per heavy atom. The van der Waals surface area contributed by atoms with Gasteiger partial charge in [0.1, 0.15) is 0 Å². The van der Waals surface area contributed by atoms with E-state index in [-0.39, 0.29) is 5.75 Å². The molecule has 128 valence electrons. The van der Waals surface area contributed by atoms with Crippen LogP contribution < -0.4 is 4.72 Å². The Balaban J connectivity index is 1.81. The van der Waals surface area contributed by atoms with E-state index in [1.807, 2.05) is 30.3 Å². The van der Waals surface area contributed by atoms with Crippen molar-refractivity contribution in [2.24, 2.45) is 0 Å². The maximum atomic E-state index is 12.1. The fourth-order valence-corrected chi connectivity index (χ4v) is 3.48. The molecule has 6 heteroatoms. The first kappa shape index (κ1) is 18.2. The standard InChI is InChI=1S/C18H21NO4S/c1-23-18(20)17-11-9-16(10-12-17)14-24(21,22)19-13-5-8-15-6-3-2-4-7-15/h2-4,6-7,9-12,19H,5,8,13-14H2,1H3. The molecule has 1 N–H and O–H groups in total. The summed E-state index contributed by atoms with van der Waals surface area (Å²) in [5, 5.41) is 0. The van der Waals surface area contributed by atoms with Gasteiger partial charge in [-0.3, -0.25) is 0 Å². The van der Waals surface area contributed by atoms with Gasteiger partial charge in [0.2, 0.25) is 10.0 Å². The second-order valence-corrected chi connectivity index (χ2v) is 7.24. The molecule has 0 saturated heterocycles. The molecule has 0 aromatic heterocycles. The Kier molecular flexibility index (Phi) is 6.52. The molecule has 0 saturated carbocycles. The Morgan fingerprint density at radius 3 is 2.29 bits per heavy atom. The number of hydrogen-bond donors (Lipinski definition) is 1. The van der Waals surface area contributed by atoms with Crippen molar-refractivity contribution in [3.63, 3.8) is 0 Å². The van der Waals surface area contributed by atoms with Gasteiger partial charge in [0.25, 0.3) is 0 Å². The zero-order valence-corrected chi connectivity index (χ0v) is 14.4. The highest BCUT2D eigenvalue weighted by molar-refractivity contribution is 7.88. The molecular formula is C18H21NO4S. The van der Waals surface area contributed by atoms with Crippen LogP contribution in [0.1, 0.15) is 27.9 Å². The molecule has 0 aliphatic carbocycles. The summed E-state index contributed by atoms with van der Waals surface area (Å²) in [6, 6.07) is 16.3. The summed E-state index contributed by atoms with van der Waals surface area (Å²) >= 11 is 0. The predicted octanol–water partition coefficient (Wildman–Crippen LogP) is 2.53. The molecular weight excluding hydrogens is 326 g/mol. The lowest BCUT2D eigenvalue weighted by molar-refractivity contribution is 0.0600. The van der Waals surface area contributed by atoms with Gasteiger partial charge >= 0.3 is 5.97 Å². The van der Waals surface area contributed by atoms with Crippen LogP contribution in [0.4, 0.5) is 0 Å². The molecule has 0 bridgehead atoms. The van der Waals surface area contributed by atoms with Crippen LogP contribution >= 0.6 is 0 Å². The lowest BCUT2D eigenvalue weighted by Crippen LogP contribution is -2.26. The molecule has 2 aromatic rings. The average molecular weight is 347 g/mol. The van der Waals surface area contributed by atoms with Gasteiger partial charge < -0.3 is 4.74 Å². The third-order valence-corrected chi connectivity index (χ3v) is 4.90. The van der Waals surface area contributed by atoms with E-state index in [1.54, 1.807) is 24.3 Å². The van der Waals surface area contributed by atoms with Gasteiger partial charge in [0.15, 0.2) is 0 Å². The molecule has 0 heterocycles. The molecule has 0 amide bonds. The van der Waals surface area contributed by atoms with E-state index in [4.69, 9.17) is 0 Å². The Hall–Kier alpha value is -2.18. The normalized spacial score (nSPS) is 11.2. The zero-order valence-electron chi connectivity index (χ0n) is 13.6. The summed E-state index contributed by atoms with van der Waals surface area (Å²) in [6.45, 7) is 0.400. The Morgan fingerprint density at radius 1 is 1.00 bits per heavy atom. The third kappa shape index (κ3) is 5.79. The summed E-state index contributed by atoms with van der Waals surface area (Å²) in [6.07, 6.45) is 1.57. The minimum absolute atomic E-state index is 0.111. The van der Waals surface area contributed by atoms with Crippen molar-refractivity contribution in [1.29, 1.82) is 0 Å². The van der Waals surface area contributed by atoms with Crippen molar-refractivity contribution < 1.29 is 17.9 Å². The number of carbonyl (C=O) groups excluding carboxylic acids is 1. The van der Waals surface area contributed by atoms with Crippen LogP contribution in [0, 0.1) is 0 Å². The molecule has 5 nitrogen and oxygen atoms in total. The second-order valence-electron chi connectivity index (χ2n) is 5.43. The fraction of sp³-hybridized carbons (Fsp3) is 0.278. The molecule has 0 fully saturated rings. The smallest absolute Gasteiger partial charge is 0.337 e. The number of hydrogen-bond acceptors (Lipinski definition) is 4. The first-order valence-electron chi connectivity index (χ1n) is 7.69. The average Bonchev–Trinajstić information content (AvgIpc) is 2.59. The Bertz CT molecular complexity index is 755. The van der Waals surface area contributed by atoms with Gasteiger partial charge in [-0.25, -0.2) is 17.9 Å². The predicted molar refractivity (Wildman–Crippen MR) is 93.2 cm³/mol. The third-order valence-electron chi connectivity index (χ3n) is 3.54. The number of benzene rings is 2. The topological polar surface area (TPSA) is 72.5 Å². The van der Waals surface area contributed by atoms with Crippen molar-refractivity contribution in [1.82, 2.24) is 4.72 Å². The maximum absolute atomic E-state index is 12.1. The van der Waals surface area contributed by atoms with Crippen LogP contribution in [0.2, 0.25) is 0 Å². The van der Waals surface area contributed by atoms with Gasteiger partial charge in [-0.2, -0.15) is 0 Å². The van der Waals surface area contributed by atoms with E-state index in [2.05, 4.69) is 9.46 Å². The van der Waals surface area contributed by atoms with E-state index >= 15 is 0 Å². The summed E-state index contributed by atoms with van der Waals surface area (Å²) in [7, 11) is -2.09. The number of methoxy groups -OCH3 is 1. The monoisotopic (exact) mass is 347 g/mol. The van der Waals surface area contributed by atoms with Crippen molar-refractivity contribution in [2.75, 3.05) is 13.7 Å². The number of rotatable bonds is 8. The molecule has 2 aromatic carbocycles. The summed E-state index contributed by atoms with van der Waals surface area (Å²) in [5.74, 6) is -0.553. The number of nitrogens with one attached hydrogen (secondary N) is 1. The summed E-state index contributed by atoms with van der Waals surface area (Å²) in [4.78, 5) is 11.3. The largest absolute Gasteiger partial charge is 0.465 e. The van der Waals surface area contributed by atoms with Crippen molar-refractivity contribution >= 4 is 16.0 Å². The highest BCUT2D eigenvalue weighted by Crippen LogP contribution is 2.09. The van der Waals surface area contributed by atoms with Gasteiger partial charge in [-0.15, -0.1) is 0 Å². The molecule has 0 spiro atoms. The van der Waals surface area contributed by atoms with E-state index in [0.29, 0.717) is 17.7 Å².